The fourth-order valence-corrected chi connectivity index (χ4v) is 2.44. The van der Waals surface area contributed by atoms with Crippen molar-refractivity contribution in [3.8, 4) is 0 Å². The summed E-state index contributed by atoms with van der Waals surface area (Å²) in [6.07, 6.45) is 5.29. The molecular weight excluding hydrogens is 240 g/mol. The number of nitrogens with one attached hydrogen (secondary N) is 1. The van der Waals surface area contributed by atoms with Crippen molar-refractivity contribution in [3.05, 3.63) is 0 Å². The van der Waals surface area contributed by atoms with Gasteiger partial charge in [0.2, 0.25) is 5.91 Å². The summed E-state index contributed by atoms with van der Waals surface area (Å²) in [4.78, 5) is 14.2. The van der Waals surface area contributed by atoms with Crippen molar-refractivity contribution in [1.82, 2.24) is 10.2 Å². The second-order valence-electron chi connectivity index (χ2n) is 6.22. The van der Waals surface area contributed by atoms with E-state index >= 15 is 0 Å². The summed E-state index contributed by atoms with van der Waals surface area (Å²) < 4.78 is 0. The Kier molecular flexibility index (Phi) is 6.80. The maximum Gasteiger partial charge on any atom is 0.225 e. The van der Waals surface area contributed by atoms with E-state index in [1.807, 2.05) is 20.8 Å². The number of carbonyl (C=O) groups is 1. The molecule has 0 aromatic rings. The van der Waals surface area contributed by atoms with Crippen LogP contribution in [0.5, 0.6) is 0 Å². The van der Waals surface area contributed by atoms with Gasteiger partial charge in [-0.3, -0.25) is 9.69 Å². The molecule has 112 valence electrons. The van der Waals surface area contributed by atoms with E-state index in [2.05, 4.69) is 10.2 Å². The fourth-order valence-electron chi connectivity index (χ4n) is 2.44. The van der Waals surface area contributed by atoms with Crippen molar-refractivity contribution in [1.29, 1.82) is 0 Å². The third-order valence-electron chi connectivity index (χ3n) is 4.37. The molecule has 0 aliphatic carbocycles. The van der Waals surface area contributed by atoms with Crippen LogP contribution in [0.3, 0.4) is 0 Å². The summed E-state index contributed by atoms with van der Waals surface area (Å²) in [6.45, 7) is 9.21. The minimum absolute atomic E-state index is 0.157. The van der Waals surface area contributed by atoms with Crippen LogP contribution in [0.15, 0.2) is 0 Å². The Morgan fingerprint density at radius 1 is 1.42 bits per heavy atom. The number of nitrogens with zero attached hydrogens (tertiary/aromatic N) is 1. The molecule has 4 heteroatoms. The van der Waals surface area contributed by atoms with Crippen molar-refractivity contribution in [2.75, 3.05) is 26.2 Å². The van der Waals surface area contributed by atoms with Gasteiger partial charge in [-0.2, -0.15) is 0 Å². The number of hydrogen-bond donors (Lipinski definition) is 2. The normalized spacial score (nSPS) is 20.7. The fraction of sp³-hybridized carbons (Fsp3) is 0.933. The third-order valence-corrected chi connectivity index (χ3v) is 4.37. The number of unbranched alkanes of at least 4 members (excludes halogenated alkanes) is 1. The summed E-state index contributed by atoms with van der Waals surface area (Å²) in [5, 5.41) is 12.2. The van der Waals surface area contributed by atoms with Gasteiger partial charge in [0.05, 0.1) is 6.61 Å². The maximum absolute atomic E-state index is 11.9. The first-order valence-electron chi connectivity index (χ1n) is 7.64. The minimum atomic E-state index is -0.253. The van der Waals surface area contributed by atoms with Crippen LogP contribution in [-0.2, 0) is 4.79 Å². The number of aliphatic hydroxyl groups is 1. The van der Waals surface area contributed by atoms with Gasteiger partial charge in [0.25, 0.3) is 0 Å². The molecule has 0 bridgehead atoms. The van der Waals surface area contributed by atoms with Crippen LogP contribution in [0.2, 0.25) is 0 Å². The Labute approximate surface area is 117 Å². The molecule has 0 spiro atoms. The Morgan fingerprint density at radius 2 is 2.16 bits per heavy atom. The average molecular weight is 270 g/mol. The highest BCUT2D eigenvalue weighted by molar-refractivity contribution is 5.81. The van der Waals surface area contributed by atoms with E-state index in [4.69, 9.17) is 0 Å². The van der Waals surface area contributed by atoms with Crippen molar-refractivity contribution in [3.63, 3.8) is 0 Å². The van der Waals surface area contributed by atoms with Gasteiger partial charge in [-0.15, -0.1) is 0 Å². The van der Waals surface area contributed by atoms with E-state index in [1.165, 1.54) is 6.42 Å². The molecule has 1 rings (SSSR count). The lowest BCUT2D eigenvalue weighted by Crippen LogP contribution is -2.37. The van der Waals surface area contributed by atoms with Gasteiger partial charge in [0.1, 0.15) is 0 Å². The first-order chi connectivity index (χ1) is 9.01. The topological polar surface area (TPSA) is 52.6 Å². The summed E-state index contributed by atoms with van der Waals surface area (Å²) in [5.74, 6) is 0.157. The third kappa shape index (κ3) is 5.11. The average Bonchev–Trinajstić information content (AvgIpc) is 2.85. The van der Waals surface area contributed by atoms with Crippen molar-refractivity contribution < 1.29 is 9.90 Å². The molecule has 0 aromatic carbocycles. The first kappa shape index (κ1) is 16.4. The van der Waals surface area contributed by atoms with Crippen LogP contribution in [-0.4, -0.2) is 48.2 Å². The van der Waals surface area contributed by atoms with E-state index in [0.717, 1.165) is 45.3 Å². The highest BCUT2D eigenvalue weighted by Crippen LogP contribution is 2.19. The monoisotopic (exact) mass is 270 g/mol. The largest absolute Gasteiger partial charge is 0.395 e. The zero-order chi connectivity index (χ0) is 14.3. The number of rotatable bonds is 8. The van der Waals surface area contributed by atoms with Gasteiger partial charge in [0, 0.05) is 18.0 Å². The van der Waals surface area contributed by atoms with Gasteiger partial charge < -0.3 is 10.4 Å². The lowest BCUT2D eigenvalue weighted by Gasteiger charge is -2.23. The molecule has 19 heavy (non-hydrogen) atoms. The van der Waals surface area contributed by atoms with Crippen LogP contribution < -0.4 is 5.32 Å². The Bertz CT molecular complexity index is 279. The minimum Gasteiger partial charge on any atom is -0.395 e. The SMILES string of the molecule is CCC(C)(C)C(=O)NCCCCN1CCCC1CO. The van der Waals surface area contributed by atoms with Gasteiger partial charge in [-0.05, 0) is 45.2 Å². The van der Waals surface area contributed by atoms with E-state index in [1.54, 1.807) is 0 Å². The molecule has 2 N–H and O–H groups in total. The summed E-state index contributed by atoms with van der Waals surface area (Å²) >= 11 is 0. The number of likely N-dealkylation sites (tertiary alicyclic amines) is 1. The number of hydrogen-bond acceptors (Lipinski definition) is 3. The van der Waals surface area contributed by atoms with Crippen molar-refractivity contribution in [2.24, 2.45) is 5.41 Å². The highest BCUT2D eigenvalue weighted by atomic mass is 16.3. The smallest absolute Gasteiger partial charge is 0.225 e. The van der Waals surface area contributed by atoms with E-state index in [9.17, 15) is 9.90 Å². The number of amides is 1. The predicted octanol–water partition coefficient (Wildman–Crippen LogP) is 1.78. The number of carbonyl (C=O) groups excluding carboxylic acids is 1. The Balaban J connectivity index is 2.10. The maximum atomic E-state index is 11.9. The molecule has 0 aromatic heterocycles. The van der Waals surface area contributed by atoms with E-state index in [0.29, 0.717) is 6.04 Å². The van der Waals surface area contributed by atoms with E-state index < -0.39 is 0 Å². The lowest BCUT2D eigenvalue weighted by molar-refractivity contribution is -0.129. The molecule has 0 radical (unpaired) electrons. The molecule has 1 fully saturated rings. The molecule has 1 aliphatic rings. The molecule has 1 aliphatic heterocycles. The second-order valence-corrected chi connectivity index (χ2v) is 6.22. The summed E-state index contributed by atoms with van der Waals surface area (Å²) in [6, 6.07) is 0.369. The van der Waals surface area contributed by atoms with Crippen LogP contribution in [0.25, 0.3) is 0 Å². The van der Waals surface area contributed by atoms with Crippen LogP contribution >= 0.6 is 0 Å². The van der Waals surface area contributed by atoms with Crippen molar-refractivity contribution >= 4 is 5.91 Å². The lowest BCUT2D eigenvalue weighted by atomic mass is 9.89. The number of aliphatic hydroxyl groups excluding tert-OH is 1. The Morgan fingerprint density at radius 3 is 2.79 bits per heavy atom. The molecule has 1 unspecified atom stereocenters. The standard InChI is InChI=1S/C15H30N2O2/c1-4-15(2,3)14(19)16-9-5-6-10-17-11-7-8-13(17)12-18/h13,18H,4-12H2,1-3H3,(H,16,19). The molecule has 0 saturated carbocycles. The zero-order valence-corrected chi connectivity index (χ0v) is 12.7. The van der Waals surface area contributed by atoms with Gasteiger partial charge in [-0.1, -0.05) is 20.8 Å². The summed E-state index contributed by atoms with van der Waals surface area (Å²) in [5.41, 5.74) is -0.253. The zero-order valence-electron chi connectivity index (χ0n) is 12.7. The molecule has 1 atom stereocenters. The van der Waals surface area contributed by atoms with Crippen molar-refractivity contribution in [2.45, 2.75) is 58.9 Å². The first-order valence-corrected chi connectivity index (χ1v) is 7.64. The quantitative estimate of drug-likeness (QED) is 0.661. The van der Waals surface area contributed by atoms with Gasteiger partial charge in [0.15, 0.2) is 0 Å². The van der Waals surface area contributed by atoms with Gasteiger partial charge in [-0.25, -0.2) is 0 Å². The van der Waals surface area contributed by atoms with E-state index in [-0.39, 0.29) is 17.9 Å². The molecule has 4 nitrogen and oxygen atoms in total. The summed E-state index contributed by atoms with van der Waals surface area (Å²) in [7, 11) is 0. The molecular formula is C15H30N2O2. The predicted molar refractivity (Wildman–Crippen MR) is 78.0 cm³/mol. The van der Waals surface area contributed by atoms with Crippen LogP contribution in [0.4, 0.5) is 0 Å². The highest BCUT2D eigenvalue weighted by Gasteiger charge is 2.25. The molecule has 1 amide bonds. The molecule has 1 heterocycles. The van der Waals surface area contributed by atoms with Crippen LogP contribution in [0.1, 0.15) is 52.9 Å². The Hall–Kier alpha value is -0.610. The van der Waals surface area contributed by atoms with Gasteiger partial charge >= 0.3 is 0 Å². The second kappa shape index (κ2) is 7.85. The molecule has 1 saturated heterocycles. The van der Waals surface area contributed by atoms with Crippen LogP contribution in [0, 0.1) is 5.41 Å².